The lowest BCUT2D eigenvalue weighted by Crippen LogP contribution is -2.45. The maximum Gasteiger partial charge on any atom is 0.407 e. The molecular weight excluding hydrogens is 432 g/mol. The monoisotopic (exact) mass is 460 g/mol. The molecule has 7 heteroatoms. The molecule has 0 radical (unpaired) electrons. The lowest BCUT2D eigenvalue weighted by atomic mass is 9.98. The second-order valence-electron chi connectivity index (χ2n) is 10.2. The summed E-state index contributed by atoms with van der Waals surface area (Å²) in [7, 11) is 0. The Morgan fingerprint density at radius 2 is 1.65 bits per heavy atom. The number of amides is 2. The van der Waals surface area contributed by atoms with E-state index >= 15 is 0 Å². The third kappa shape index (κ3) is 3.45. The first-order valence-electron chi connectivity index (χ1n) is 12.1. The van der Waals surface area contributed by atoms with Gasteiger partial charge in [-0.25, -0.2) is 4.79 Å². The summed E-state index contributed by atoms with van der Waals surface area (Å²) in [6.45, 7) is 1.63. The Morgan fingerprint density at radius 3 is 2.26 bits per heavy atom. The summed E-state index contributed by atoms with van der Waals surface area (Å²) in [4.78, 5) is 38.8. The van der Waals surface area contributed by atoms with Crippen LogP contribution in [0.5, 0.6) is 0 Å². The molecule has 34 heavy (non-hydrogen) atoms. The first kappa shape index (κ1) is 21.2. The van der Waals surface area contributed by atoms with Crippen LogP contribution in [0.25, 0.3) is 11.1 Å². The number of likely N-dealkylation sites (tertiary alicyclic amines) is 1. The number of carboxylic acid groups (broad SMARTS) is 1. The standard InChI is InChI=1S/C27H28N2O5/c30-24(31)23-20-9-12-29(13-21(20)23)25(32)27(10-11-27)15-28-26(33)34-14-22-18-7-3-1-5-16(18)17-6-2-4-8-19(17)22/h1-8,20-23H,9-15H2,(H,28,33)(H,30,31). The highest BCUT2D eigenvalue weighted by atomic mass is 16.5. The van der Waals surface area contributed by atoms with Crippen molar-refractivity contribution in [1.29, 1.82) is 0 Å². The highest BCUT2D eigenvalue weighted by Gasteiger charge is 2.60. The third-order valence-electron chi connectivity index (χ3n) is 8.29. The van der Waals surface area contributed by atoms with E-state index in [1.165, 1.54) is 11.1 Å². The molecule has 1 heterocycles. The van der Waals surface area contributed by atoms with E-state index in [1.54, 1.807) is 0 Å². The summed E-state index contributed by atoms with van der Waals surface area (Å²) >= 11 is 0. The van der Waals surface area contributed by atoms with Gasteiger partial charge < -0.3 is 20.1 Å². The fraction of sp³-hybridized carbons (Fsp3) is 0.444. The molecule has 7 nitrogen and oxygen atoms in total. The minimum absolute atomic E-state index is 0.00307. The number of ether oxygens (including phenoxy) is 1. The van der Waals surface area contributed by atoms with Crippen LogP contribution in [-0.4, -0.2) is 54.2 Å². The number of piperidine rings is 1. The first-order chi connectivity index (χ1) is 16.5. The summed E-state index contributed by atoms with van der Waals surface area (Å²) in [5, 5.41) is 12.1. The predicted octanol–water partition coefficient (Wildman–Crippen LogP) is 3.48. The molecule has 2 amide bonds. The fourth-order valence-electron chi connectivity index (χ4n) is 6.13. The van der Waals surface area contributed by atoms with Gasteiger partial charge in [0.15, 0.2) is 0 Å². The van der Waals surface area contributed by atoms with Crippen molar-refractivity contribution in [1.82, 2.24) is 10.2 Å². The second-order valence-corrected chi connectivity index (χ2v) is 10.2. The summed E-state index contributed by atoms with van der Waals surface area (Å²) in [5.74, 6) is -0.705. The van der Waals surface area contributed by atoms with Crippen molar-refractivity contribution in [2.24, 2.45) is 23.2 Å². The van der Waals surface area contributed by atoms with Gasteiger partial charge in [0.2, 0.25) is 5.91 Å². The van der Waals surface area contributed by atoms with E-state index in [-0.39, 0.29) is 42.7 Å². The van der Waals surface area contributed by atoms with Crippen LogP contribution >= 0.6 is 0 Å². The molecule has 2 saturated carbocycles. The Balaban J connectivity index is 1.04. The largest absolute Gasteiger partial charge is 0.481 e. The number of alkyl carbamates (subject to hydrolysis) is 1. The van der Waals surface area contributed by atoms with Gasteiger partial charge in [0.25, 0.3) is 0 Å². The van der Waals surface area contributed by atoms with E-state index in [9.17, 15) is 19.5 Å². The van der Waals surface area contributed by atoms with Crippen molar-refractivity contribution in [3.8, 4) is 11.1 Å². The molecule has 3 atom stereocenters. The van der Waals surface area contributed by atoms with Crippen LogP contribution in [0.1, 0.15) is 36.3 Å². The Bertz CT molecular complexity index is 1130. The van der Waals surface area contributed by atoms with Crippen LogP contribution in [0.15, 0.2) is 48.5 Å². The Labute approximate surface area is 198 Å². The van der Waals surface area contributed by atoms with Crippen LogP contribution in [0.2, 0.25) is 0 Å². The molecule has 1 saturated heterocycles. The van der Waals surface area contributed by atoms with Gasteiger partial charge in [-0.1, -0.05) is 48.5 Å². The molecule has 4 aliphatic rings. The summed E-state index contributed by atoms with van der Waals surface area (Å²) in [6.07, 6.45) is 1.72. The zero-order chi connectivity index (χ0) is 23.4. The number of carbonyl (C=O) groups is 3. The minimum atomic E-state index is -0.748. The van der Waals surface area contributed by atoms with E-state index in [0.717, 1.165) is 30.4 Å². The molecule has 0 aromatic heterocycles. The smallest absolute Gasteiger partial charge is 0.407 e. The molecule has 6 rings (SSSR count). The third-order valence-corrected chi connectivity index (χ3v) is 8.29. The number of fused-ring (bicyclic) bond motifs is 4. The quantitative estimate of drug-likeness (QED) is 0.688. The number of rotatable bonds is 6. The van der Waals surface area contributed by atoms with Gasteiger partial charge >= 0.3 is 12.1 Å². The van der Waals surface area contributed by atoms with Crippen LogP contribution < -0.4 is 5.32 Å². The van der Waals surface area contributed by atoms with Crippen LogP contribution in [0.4, 0.5) is 4.79 Å². The molecule has 3 aliphatic carbocycles. The molecular formula is C27H28N2O5. The Kier molecular flexibility index (Phi) is 4.90. The number of nitrogens with zero attached hydrogens (tertiary/aromatic N) is 1. The molecule has 2 aromatic carbocycles. The molecule has 3 unspecified atom stereocenters. The first-order valence-corrected chi connectivity index (χ1v) is 12.1. The van der Waals surface area contributed by atoms with Crippen molar-refractivity contribution in [2.45, 2.75) is 25.2 Å². The number of hydrogen-bond acceptors (Lipinski definition) is 4. The van der Waals surface area contributed by atoms with Gasteiger partial charge in [-0.15, -0.1) is 0 Å². The van der Waals surface area contributed by atoms with E-state index in [0.29, 0.717) is 13.1 Å². The highest BCUT2D eigenvalue weighted by Crippen LogP contribution is 2.54. The second kappa shape index (κ2) is 7.86. The average molecular weight is 461 g/mol. The normalized spacial score (nSPS) is 25.5. The SMILES string of the molecule is O=C(NCC1(C(=O)N2CCC3C(C2)C3C(=O)O)CC1)OCC1c2ccccc2-c2ccccc21. The summed E-state index contributed by atoms with van der Waals surface area (Å²) in [5.41, 5.74) is 4.12. The van der Waals surface area contributed by atoms with E-state index in [2.05, 4.69) is 29.6 Å². The summed E-state index contributed by atoms with van der Waals surface area (Å²) < 4.78 is 5.61. The molecule has 2 N–H and O–H groups in total. The number of carbonyl (C=O) groups excluding carboxylic acids is 2. The topological polar surface area (TPSA) is 95.9 Å². The lowest BCUT2D eigenvalue weighted by molar-refractivity contribution is -0.140. The van der Waals surface area contributed by atoms with Gasteiger partial charge in [0, 0.05) is 25.6 Å². The molecule has 176 valence electrons. The molecule has 3 fully saturated rings. The predicted molar refractivity (Wildman–Crippen MR) is 124 cm³/mol. The van der Waals surface area contributed by atoms with Crippen molar-refractivity contribution < 1.29 is 24.2 Å². The number of carboxylic acids is 1. The fourth-order valence-corrected chi connectivity index (χ4v) is 6.13. The van der Waals surface area contributed by atoms with E-state index < -0.39 is 17.5 Å². The molecule has 0 bridgehead atoms. The average Bonchev–Trinajstić information content (AvgIpc) is 3.76. The van der Waals surface area contributed by atoms with Crippen molar-refractivity contribution in [2.75, 3.05) is 26.2 Å². The van der Waals surface area contributed by atoms with Gasteiger partial charge in [-0.05, 0) is 53.4 Å². The van der Waals surface area contributed by atoms with Crippen molar-refractivity contribution >= 4 is 18.0 Å². The number of aliphatic carboxylic acids is 1. The number of hydrogen-bond donors (Lipinski definition) is 2. The number of benzene rings is 2. The highest BCUT2D eigenvalue weighted by molar-refractivity contribution is 5.87. The Hall–Kier alpha value is -3.35. The zero-order valence-corrected chi connectivity index (χ0v) is 18.9. The lowest BCUT2D eigenvalue weighted by Gasteiger charge is -2.30. The van der Waals surface area contributed by atoms with Gasteiger partial charge in [0.05, 0.1) is 11.3 Å². The summed E-state index contributed by atoms with van der Waals surface area (Å²) in [6, 6.07) is 16.4. The van der Waals surface area contributed by atoms with Gasteiger partial charge in [-0.2, -0.15) is 0 Å². The van der Waals surface area contributed by atoms with Crippen LogP contribution in [0.3, 0.4) is 0 Å². The zero-order valence-electron chi connectivity index (χ0n) is 18.9. The van der Waals surface area contributed by atoms with Crippen LogP contribution in [-0.2, 0) is 14.3 Å². The van der Waals surface area contributed by atoms with Gasteiger partial charge in [-0.3, -0.25) is 9.59 Å². The Morgan fingerprint density at radius 1 is 1.00 bits per heavy atom. The van der Waals surface area contributed by atoms with Crippen molar-refractivity contribution in [3.05, 3.63) is 59.7 Å². The molecule has 0 spiro atoms. The molecule has 2 aromatic rings. The molecule has 1 aliphatic heterocycles. The van der Waals surface area contributed by atoms with E-state index in [1.807, 2.05) is 29.2 Å². The van der Waals surface area contributed by atoms with E-state index in [4.69, 9.17) is 4.74 Å². The van der Waals surface area contributed by atoms with Crippen molar-refractivity contribution in [3.63, 3.8) is 0 Å². The van der Waals surface area contributed by atoms with Gasteiger partial charge in [0.1, 0.15) is 6.61 Å². The van der Waals surface area contributed by atoms with Crippen LogP contribution in [0, 0.1) is 23.2 Å². The number of nitrogens with one attached hydrogen (secondary N) is 1. The maximum absolute atomic E-state index is 13.2. The maximum atomic E-state index is 13.2. The minimum Gasteiger partial charge on any atom is -0.481 e.